The topological polar surface area (TPSA) is 86.8 Å². The molecule has 0 unspecified atom stereocenters. The van der Waals surface area contributed by atoms with E-state index in [0.29, 0.717) is 30.8 Å². The van der Waals surface area contributed by atoms with Gasteiger partial charge in [0.25, 0.3) is 5.91 Å². The molecule has 0 bridgehead atoms. The lowest BCUT2D eigenvalue weighted by atomic mass is 10.1. The third kappa shape index (κ3) is 5.70. The minimum Gasteiger partial charge on any atom is -0.337 e. The second-order valence-corrected chi connectivity index (χ2v) is 8.25. The molecular weight excluding hydrogens is 480 g/mol. The van der Waals surface area contributed by atoms with E-state index in [1.165, 1.54) is 0 Å². The number of hydrogen-bond donors (Lipinski definition) is 1. The summed E-state index contributed by atoms with van der Waals surface area (Å²) in [7, 11) is 0. The van der Waals surface area contributed by atoms with Crippen LogP contribution in [0.1, 0.15) is 33.6 Å². The Morgan fingerprint density at radius 1 is 1.23 bits per heavy atom. The van der Waals surface area contributed by atoms with Crippen molar-refractivity contribution in [2.75, 3.05) is 13.1 Å². The number of carbonyl (C=O) groups excluding carboxylic acids is 1. The van der Waals surface area contributed by atoms with Crippen LogP contribution in [0, 0.1) is 11.3 Å². The van der Waals surface area contributed by atoms with Crippen molar-refractivity contribution in [1.82, 2.24) is 24.8 Å². The average Bonchev–Trinajstić information content (AvgIpc) is 3.42. The summed E-state index contributed by atoms with van der Waals surface area (Å²) < 4.78 is 2.90. The minimum atomic E-state index is 0. The number of likely N-dealkylation sites (tertiary alicyclic amines) is 1. The molecule has 0 radical (unpaired) electrons. The van der Waals surface area contributed by atoms with Crippen molar-refractivity contribution >= 4 is 34.2 Å². The van der Waals surface area contributed by atoms with Crippen molar-refractivity contribution in [3.05, 3.63) is 82.1 Å². The van der Waals surface area contributed by atoms with E-state index in [9.17, 15) is 4.79 Å². The van der Waals surface area contributed by atoms with Crippen molar-refractivity contribution in [3.63, 3.8) is 0 Å². The highest BCUT2D eigenvalue weighted by Gasteiger charge is 2.27. The number of pyridine rings is 1. The summed E-state index contributed by atoms with van der Waals surface area (Å²) >= 11 is 3.37. The van der Waals surface area contributed by atoms with Crippen molar-refractivity contribution in [2.45, 2.75) is 25.6 Å². The summed E-state index contributed by atoms with van der Waals surface area (Å²) in [5, 5.41) is 12.5. The monoisotopic (exact) mass is 500 g/mol. The molecule has 1 N–H and O–H groups in total. The maximum Gasteiger partial charge on any atom is 0.255 e. The fourth-order valence-corrected chi connectivity index (χ4v) is 3.96. The lowest BCUT2D eigenvalue weighted by molar-refractivity contribution is 0.0788. The van der Waals surface area contributed by atoms with Crippen molar-refractivity contribution in [2.24, 2.45) is 0 Å². The van der Waals surface area contributed by atoms with Gasteiger partial charge in [-0.25, -0.2) is 4.98 Å². The molecule has 1 fully saturated rings. The molecule has 1 aromatic carbocycles. The van der Waals surface area contributed by atoms with Crippen LogP contribution in [0.15, 0.2) is 59.7 Å². The van der Waals surface area contributed by atoms with Crippen LogP contribution in [0.3, 0.4) is 0 Å². The van der Waals surface area contributed by atoms with Gasteiger partial charge in [-0.15, -0.1) is 12.4 Å². The van der Waals surface area contributed by atoms with Gasteiger partial charge >= 0.3 is 0 Å². The van der Waals surface area contributed by atoms with Crippen LogP contribution in [0.4, 0.5) is 0 Å². The summed E-state index contributed by atoms with van der Waals surface area (Å²) in [6.45, 7) is 2.79. The van der Waals surface area contributed by atoms with E-state index in [2.05, 4.69) is 41.9 Å². The first-order valence-corrected chi connectivity index (χ1v) is 10.5. The van der Waals surface area contributed by atoms with Gasteiger partial charge in [0.2, 0.25) is 0 Å². The Morgan fingerprint density at radius 2 is 2.03 bits per heavy atom. The Labute approximate surface area is 195 Å². The molecular formula is C22H22BrClN6O. The molecule has 3 heterocycles. The lowest BCUT2D eigenvalue weighted by Crippen LogP contribution is -2.35. The first kappa shape index (κ1) is 22.9. The Bertz CT molecular complexity index is 1080. The van der Waals surface area contributed by atoms with Gasteiger partial charge in [0.15, 0.2) is 0 Å². The second-order valence-electron chi connectivity index (χ2n) is 7.33. The van der Waals surface area contributed by atoms with Crippen LogP contribution in [-0.2, 0) is 13.1 Å². The smallest absolute Gasteiger partial charge is 0.255 e. The third-order valence-electron chi connectivity index (χ3n) is 5.23. The zero-order valence-corrected chi connectivity index (χ0v) is 19.1. The van der Waals surface area contributed by atoms with Gasteiger partial charge < -0.3 is 14.8 Å². The first-order chi connectivity index (χ1) is 14.6. The van der Waals surface area contributed by atoms with Crippen molar-refractivity contribution in [3.8, 4) is 6.07 Å². The number of nitriles is 1. The van der Waals surface area contributed by atoms with Crippen LogP contribution >= 0.6 is 28.3 Å². The third-order valence-corrected chi connectivity index (χ3v) is 5.67. The number of halogens is 2. The fourth-order valence-electron chi connectivity index (χ4n) is 3.59. The average molecular weight is 502 g/mol. The highest BCUT2D eigenvalue weighted by molar-refractivity contribution is 9.10. The van der Waals surface area contributed by atoms with Gasteiger partial charge in [-0.05, 0) is 46.1 Å². The molecule has 160 valence electrons. The molecule has 0 saturated carbocycles. The van der Waals surface area contributed by atoms with Crippen LogP contribution in [0.25, 0.3) is 0 Å². The van der Waals surface area contributed by atoms with Crippen LogP contribution < -0.4 is 5.32 Å². The summed E-state index contributed by atoms with van der Waals surface area (Å²) in [4.78, 5) is 22.9. The number of hydrogen-bond acceptors (Lipinski definition) is 5. The van der Waals surface area contributed by atoms with E-state index in [0.717, 1.165) is 28.7 Å². The van der Waals surface area contributed by atoms with Gasteiger partial charge in [0.05, 0.1) is 29.2 Å². The predicted molar refractivity (Wildman–Crippen MR) is 123 cm³/mol. The van der Waals surface area contributed by atoms with Gasteiger partial charge in [-0.2, -0.15) is 5.26 Å². The lowest BCUT2D eigenvalue weighted by Gasteiger charge is -2.17. The van der Waals surface area contributed by atoms with Crippen LogP contribution in [0.2, 0.25) is 0 Å². The molecule has 1 amide bonds. The number of benzene rings is 1. The highest BCUT2D eigenvalue weighted by Crippen LogP contribution is 2.17. The van der Waals surface area contributed by atoms with E-state index in [1.807, 2.05) is 41.7 Å². The zero-order valence-electron chi connectivity index (χ0n) is 16.7. The molecule has 1 saturated heterocycles. The summed E-state index contributed by atoms with van der Waals surface area (Å²) in [5.41, 5.74) is 3.46. The maximum atomic E-state index is 12.7. The fraction of sp³-hybridized carbons (Fsp3) is 0.273. The second kappa shape index (κ2) is 10.5. The van der Waals surface area contributed by atoms with Crippen LogP contribution in [-0.4, -0.2) is 44.5 Å². The summed E-state index contributed by atoms with van der Waals surface area (Å²) in [6, 6.07) is 11.8. The van der Waals surface area contributed by atoms with E-state index in [4.69, 9.17) is 5.26 Å². The van der Waals surface area contributed by atoms with Gasteiger partial charge in [-0.3, -0.25) is 9.78 Å². The van der Waals surface area contributed by atoms with E-state index in [-0.39, 0.29) is 24.4 Å². The van der Waals surface area contributed by atoms with Crippen LogP contribution in [0.5, 0.6) is 0 Å². The Hall–Kier alpha value is -2.73. The molecule has 2 aromatic heterocycles. The van der Waals surface area contributed by atoms with Gasteiger partial charge in [-0.1, -0.05) is 12.1 Å². The van der Waals surface area contributed by atoms with E-state index in [1.54, 1.807) is 18.5 Å². The molecule has 0 aliphatic carbocycles. The molecule has 4 rings (SSSR count). The largest absolute Gasteiger partial charge is 0.337 e. The quantitative estimate of drug-likeness (QED) is 0.559. The summed E-state index contributed by atoms with van der Waals surface area (Å²) in [5.74, 6) is 0.0129. The van der Waals surface area contributed by atoms with Crippen molar-refractivity contribution in [1.29, 1.82) is 5.26 Å². The number of imidazole rings is 1. The number of nitrogens with zero attached hydrogens (tertiary/aromatic N) is 5. The first-order valence-electron chi connectivity index (χ1n) is 9.73. The predicted octanol–water partition coefficient (Wildman–Crippen LogP) is 3.39. The van der Waals surface area contributed by atoms with E-state index < -0.39 is 0 Å². The molecule has 3 aromatic rings. The number of nitrogens with one attached hydrogen (secondary N) is 1. The minimum absolute atomic E-state index is 0. The molecule has 7 nitrogen and oxygen atoms in total. The molecule has 1 aliphatic heterocycles. The maximum absolute atomic E-state index is 12.7. The highest BCUT2D eigenvalue weighted by atomic mass is 79.9. The molecule has 1 atom stereocenters. The molecule has 0 spiro atoms. The molecule has 1 aliphatic rings. The summed E-state index contributed by atoms with van der Waals surface area (Å²) in [6.07, 6.45) is 7.88. The zero-order chi connectivity index (χ0) is 20.9. The number of rotatable bonds is 6. The normalized spacial score (nSPS) is 15.4. The number of amides is 1. The standard InChI is InChI=1S/C22H21BrN6O.ClH/c23-19-7-18(9-25-10-19)22(30)28-6-5-20(14-28)27-12-21-11-26-15-29(21)13-17-3-1-16(8-24)2-4-17;/h1-4,7,9-11,15,20,27H,5-6,12-14H2;1H/t20-;/m0./s1. The van der Waals surface area contributed by atoms with E-state index >= 15 is 0 Å². The SMILES string of the molecule is Cl.N#Cc1ccc(Cn2cncc2CN[C@H]2CCN(C(=O)c3cncc(Br)c3)C2)cc1. The molecule has 31 heavy (non-hydrogen) atoms. The van der Waals surface area contributed by atoms with Gasteiger partial charge in [0, 0.05) is 55.3 Å². The Balaban J connectivity index is 0.00000272. The Morgan fingerprint density at radius 3 is 2.77 bits per heavy atom. The number of carbonyl (C=O) groups is 1. The number of aromatic nitrogens is 3. The molecule has 9 heteroatoms. The van der Waals surface area contributed by atoms with Gasteiger partial charge in [0.1, 0.15) is 0 Å². The Kier molecular flexibility index (Phi) is 7.80. The van der Waals surface area contributed by atoms with Crippen molar-refractivity contribution < 1.29 is 4.79 Å².